The summed E-state index contributed by atoms with van der Waals surface area (Å²) in [7, 11) is 0. The van der Waals surface area contributed by atoms with Crippen molar-refractivity contribution in [1.29, 1.82) is 0 Å². The molecule has 0 bridgehead atoms. The molecule has 1 atom stereocenters. The minimum Gasteiger partial charge on any atom is -0.342 e. The van der Waals surface area contributed by atoms with E-state index in [0.717, 1.165) is 38.8 Å². The van der Waals surface area contributed by atoms with Crippen molar-refractivity contribution < 1.29 is 9.59 Å². The second-order valence-corrected chi connectivity index (χ2v) is 6.91. The molecule has 130 valence electrons. The Morgan fingerprint density at radius 1 is 1.21 bits per heavy atom. The molecule has 3 heterocycles. The monoisotopic (exact) mass is 331 g/mol. The third-order valence-corrected chi connectivity index (χ3v) is 5.23. The van der Waals surface area contributed by atoms with Crippen molar-refractivity contribution in [2.24, 2.45) is 5.41 Å². The Hall–Kier alpha value is -2.11. The summed E-state index contributed by atoms with van der Waals surface area (Å²) >= 11 is 0. The molecule has 1 spiro atoms. The Morgan fingerprint density at radius 2 is 2.04 bits per heavy atom. The van der Waals surface area contributed by atoms with Crippen molar-refractivity contribution in [3.05, 3.63) is 34.7 Å². The van der Waals surface area contributed by atoms with E-state index in [-0.39, 0.29) is 23.9 Å². The van der Waals surface area contributed by atoms with Gasteiger partial charge in [-0.1, -0.05) is 13.0 Å². The second kappa shape index (κ2) is 6.79. The average molecular weight is 331 g/mol. The topological polar surface area (TPSA) is 62.6 Å². The minimum absolute atomic E-state index is 0.0443. The first-order chi connectivity index (χ1) is 11.6. The molecule has 0 radical (unpaired) electrons. The highest BCUT2D eigenvalue weighted by Crippen LogP contribution is 2.40. The molecular formula is C18H25N3O3. The van der Waals surface area contributed by atoms with E-state index in [4.69, 9.17) is 0 Å². The number of pyridine rings is 1. The molecule has 2 fully saturated rings. The molecule has 0 aliphatic carbocycles. The molecule has 24 heavy (non-hydrogen) atoms. The van der Waals surface area contributed by atoms with Crippen LogP contribution in [0.2, 0.25) is 0 Å². The van der Waals surface area contributed by atoms with Crippen LogP contribution < -0.4 is 5.56 Å². The molecule has 1 unspecified atom stereocenters. The van der Waals surface area contributed by atoms with Gasteiger partial charge < -0.3 is 14.4 Å². The quantitative estimate of drug-likeness (QED) is 0.830. The lowest BCUT2D eigenvalue weighted by molar-refractivity contribution is -0.146. The molecule has 1 aromatic rings. The van der Waals surface area contributed by atoms with E-state index in [0.29, 0.717) is 13.1 Å². The van der Waals surface area contributed by atoms with E-state index in [1.165, 1.54) is 10.6 Å². The third kappa shape index (κ3) is 3.09. The van der Waals surface area contributed by atoms with Gasteiger partial charge in [-0.2, -0.15) is 0 Å². The summed E-state index contributed by atoms with van der Waals surface area (Å²) < 4.78 is 1.42. The standard InChI is InChI=1S/C18H25N3O3/c1-2-9-19-11-5-7-18(17(19)24)8-12-21(14-18)16(23)13-20-10-4-3-6-15(20)22/h3-4,6,10H,2,5,7-9,11-14H2,1H3. The van der Waals surface area contributed by atoms with Crippen LogP contribution in [0.25, 0.3) is 0 Å². The van der Waals surface area contributed by atoms with Crippen LogP contribution in [-0.4, -0.2) is 52.4 Å². The van der Waals surface area contributed by atoms with Gasteiger partial charge in [-0.3, -0.25) is 14.4 Å². The third-order valence-electron chi connectivity index (χ3n) is 5.23. The Labute approximate surface area is 142 Å². The van der Waals surface area contributed by atoms with Gasteiger partial charge in [0.05, 0.1) is 5.41 Å². The van der Waals surface area contributed by atoms with Gasteiger partial charge in [-0.15, -0.1) is 0 Å². The van der Waals surface area contributed by atoms with Crippen LogP contribution in [0.4, 0.5) is 0 Å². The number of rotatable bonds is 4. The van der Waals surface area contributed by atoms with Crippen molar-refractivity contribution in [3.63, 3.8) is 0 Å². The fraction of sp³-hybridized carbons (Fsp3) is 0.611. The maximum Gasteiger partial charge on any atom is 0.250 e. The highest BCUT2D eigenvalue weighted by molar-refractivity contribution is 5.86. The van der Waals surface area contributed by atoms with Crippen LogP contribution >= 0.6 is 0 Å². The van der Waals surface area contributed by atoms with Gasteiger partial charge in [0.1, 0.15) is 6.54 Å². The molecule has 2 amide bonds. The maximum absolute atomic E-state index is 12.9. The lowest BCUT2D eigenvalue weighted by atomic mass is 9.78. The van der Waals surface area contributed by atoms with Crippen molar-refractivity contribution in [2.45, 2.75) is 39.2 Å². The first-order valence-electron chi connectivity index (χ1n) is 8.78. The van der Waals surface area contributed by atoms with E-state index < -0.39 is 5.41 Å². The molecule has 2 aliphatic heterocycles. The Bertz CT molecular complexity index is 682. The Morgan fingerprint density at radius 3 is 2.79 bits per heavy atom. The fourth-order valence-electron chi connectivity index (χ4n) is 3.94. The molecule has 6 heteroatoms. The second-order valence-electron chi connectivity index (χ2n) is 6.91. The summed E-state index contributed by atoms with van der Waals surface area (Å²) in [5.41, 5.74) is -0.576. The average Bonchev–Trinajstić information content (AvgIpc) is 3.00. The largest absolute Gasteiger partial charge is 0.342 e. The number of hydrogen-bond donors (Lipinski definition) is 0. The Balaban J connectivity index is 1.68. The molecule has 3 rings (SSSR count). The van der Waals surface area contributed by atoms with Gasteiger partial charge in [-0.25, -0.2) is 0 Å². The normalized spacial score (nSPS) is 24.0. The van der Waals surface area contributed by atoms with E-state index >= 15 is 0 Å². The molecule has 2 aliphatic rings. The zero-order chi connectivity index (χ0) is 17.2. The van der Waals surface area contributed by atoms with Gasteiger partial charge in [0.15, 0.2) is 0 Å². The molecule has 6 nitrogen and oxygen atoms in total. The number of carbonyl (C=O) groups excluding carboxylic acids is 2. The lowest BCUT2D eigenvalue weighted by Gasteiger charge is -2.39. The van der Waals surface area contributed by atoms with Crippen molar-refractivity contribution in [2.75, 3.05) is 26.2 Å². The molecule has 1 aromatic heterocycles. The number of amides is 2. The van der Waals surface area contributed by atoms with Crippen LogP contribution in [0.1, 0.15) is 32.6 Å². The molecule has 0 saturated carbocycles. The van der Waals surface area contributed by atoms with Gasteiger partial charge in [0.25, 0.3) is 5.56 Å². The van der Waals surface area contributed by atoms with Crippen LogP contribution in [0.5, 0.6) is 0 Å². The van der Waals surface area contributed by atoms with E-state index in [2.05, 4.69) is 6.92 Å². The number of aromatic nitrogens is 1. The molecule has 0 N–H and O–H groups in total. The van der Waals surface area contributed by atoms with Gasteiger partial charge in [0.2, 0.25) is 11.8 Å². The van der Waals surface area contributed by atoms with Crippen LogP contribution in [0, 0.1) is 5.41 Å². The molecular weight excluding hydrogens is 306 g/mol. The number of hydrogen-bond acceptors (Lipinski definition) is 3. The predicted molar refractivity (Wildman–Crippen MR) is 90.4 cm³/mol. The van der Waals surface area contributed by atoms with Gasteiger partial charge in [-0.05, 0) is 31.7 Å². The predicted octanol–water partition coefficient (Wildman–Crippen LogP) is 1.10. The molecule has 0 aromatic carbocycles. The van der Waals surface area contributed by atoms with E-state index in [9.17, 15) is 14.4 Å². The summed E-state index contributed by atoms with van der Waals surface area (Å²) in [6, 6.07) is 4.86. The highest BCUT2D eigenvalue weighted by atomic mass is 16.2. The first kappa shape index (κ1) is 16.7. The number of carbonyl (C=O) groups is 2. The van der Waals surface area contributed by atoms with E-state index in [1.54, 1.807) is 23.2 Å². The smallest absolute Gasteiger partial charge is 0.250 e. The van der Waals surface area contributed by atoms with E-state index in [1.807, 2.05) is 4.90 Å². The van der Waals surface area contributed by atoms with Crippen molar-refractivity contribution >= 4 is 11.8 Å². The van der Waals surface area contributed by atoms with Crippen molar-refractivity contribution in [1.82, 2.24) is 14.4 Å². The van der Waals surface area contributed by atoms with Crippen molar-refractivity contribution in [3.8, 4) is 0 Å². The Kier molecular flexibility index (Phi) is 4.73. The SMILES string of the molecule is CCCN1CCCC2(CCN(C(=O)Cn3ccccc3=O)C2)C1=O. The number of piperidine rings is 1. The van der Waals surface area contributed by atoms with Crippen LogP contribution in [-0.2, 0) is 16.1 Å². The zero-order valence-corrected chi connectivity index (χ0v) is 14.2. The molecule has 2 saturated heterocycles. The summed E-state index contributed by atoms with van der Waals surface area (Å²) in [6.45, 7) is 4.85. The van der Waals surface area contributed by atoms with Gasteiger partial charge in [0, 0.05) is 38.4 Å². The summed E-state index contributed by atoms with van der Waals surface area (Å²) in [6.07, 6.45) is 5.19. The lowest BCUT2D eigenvalue weighted by Crippen LogP contribution is -2.50. The first-order valence-corrected chi connectivity index (χ1v) is 8.78. The van der Waals surface area contributed by atoms with Gasteiger partial charge >= 0.3 is 0 Å². The fourth-order valence-corrected chi connectivity index (χ4v) is 3.94. The van der Waals surface area contributed by atoms with Crippen LogP contribution in [0.15, 0.2) is 29.2 Å². The summed E-state index contributed by atoms with van der Waals surface area (Å²) in [4.78, 5) is 40.9. The number of nitrogens with zero attached hydrogens (tertiary/aromatic N) is 3. The maximum atomic E-state index is 12.9. The summed E-state index contributed by atoms with van der Waals surface area (Å²) in [5.74, 6) is 0.128. The van der Waals surface area contributed by atoms with Crippen LogP contribution in [0.3, 0.4) is 0 Å². The minimum atomic E-state index is -0.398. The zero-order valence-electron chi connectivity index (χ0n) is 14.2. The highest BCUT2D eigenvalue weighted by Gasteiger charge is 2.49. The summed E-state index contributed by atoms with van der Waals surface area (Å²) in [5, 5.41) is 0. The number of likely N-dealkylation sites (tertiary alicyclic amines) is 2.